The number of nitro groups is 1. The van der Waals surface area contributed by atoms with Crippen LogP contribution in [0.1, 0.15) is 5.56 Å². The minimum atomic E-state index is -0.731. The van der Waals surface area contributed by atoms with E-state index in [-0.39, 0.29) is 5.96 Å². The van der Waals surface area contributed by atoms with E-state index in [4.69, 9.17) is 0 Å². The Bertz CT molecular complexity index is 377. The van der Waals surface area contributed by atoms with Crippen LogP contribution in [-0.2, 0) is 6.54 Å². The Morgan fingerprint density at radius 3 is 2.94 bits per heavy atom. The third-order valence-corrected chi connectivity index (χ3v) is 1.77. The van der Waals surface area contributed by atoms with Gasteiger partial charge in [0.1, 0.15) is 5.10 Å². The highest BCUT2D eigenvalue weighted by molar-refractivity contribution is 5.78. The lowest BCUT2D eigenvalue weighted by molar-refractivity contribution is -0.485. The molecule has 1 aromatic rings. The quantitative estimate of drug-likeness (QED) is 0.344. The first-order valence-corrected chi connectivity index (χ1v) is 4.62. The number of rotatable bonds is 3. The number of pyridine rings is 1. The molecule has 1 N–H and O–H groups in total. The van der Waals surface area contributed by atoms with Gasteiger partial charge in [-0.1, -0.05) is 6.07 Å². The molecule has 0 bridgehead atoms. The zero-order valence-corrected chi connectivity index (χ0v) is 9.12. The molecule has 16 heavy (non-hydrogen) atoms. The molecule has 0 aromatic carbocycles. The second kappa shape index (κ2) is 5.64. The van der Waals surface area contributed by atoms with Crippen molar-refractivity contribution in [3.63, 3.8) is 0 Å². The van der Waals surface area contributed by atoms with Crippen molar-refractivity contribution in [2.75, 3.05) is 14.1 Å². The van der Waals surface area contributed by atoms with E-state index in [0.29, 0.717) is 6.54 Å². The average molecular weight is 223 g/mol. The first kappa shape index (κ1) is 11.9. The van der Waals surface area contributed by atoms with Gasteiger partial charge < -0.3 is 10.2 Å². The molecular weight excluding hydrogens is 210 g/mol. The minimum Gasteiger partial charge on any atom is -0.347 e. The van der Waals surface area contributed by atoms with E-state index >= 15 is 0 Å². The summed E-state index contributed by atoms with van der Waals surface area (Å²) in [6.07, 6.45) is 3.36. The molecule has 0 saturated carbocycles. The van der Waals surface area contributed by atoms with Gasteiger partial charge in [-0.05, 0) is 11.6 Å². The van der Waals surface area contributed by atoms with Crippen LogP contribution in [0.4, 0.5) is 0 Å². The summed E-state index contributed by atoms with van der Waals surface area (Å²) in [6, 6.07) is 3.68. The van der Waals surface area contributed by atoms with E-state index in [0.717, 1.165) is 5.56 Å². The fourth-order valence-electron chi connectivity index (χ4n) is 1.04. The second-order valence-electron chi connectivity index (χ2n) is 3.27. The van der Waals surface area contributed by atoms with Gasteiger partial charge >= 0.3 is 0 Å². The van der Waals surface area contributed by atoms with Crippen molar-refractivity contribution in [3.05, 3.63) is 40.2 Å². The minimum absolute atomic E-state index is 0.203. The summed E-state index contributed by atoms with van der Waals surface area (Å²) in [7, 11) is 3.36. The van der Waals surface area contributed by atoms with Crippen LogP contribution in [0.2, 0.25) is 0 Å². The molecule has 0 radical (unpaired) electrons. The summed E-state index contributed by atoms with van der Waals surface area (Å²) >= 11 is 0. The Morgan fingerprint density at radius 1 is 1.69 bits per heavy atom. The van der Waals surface area contributed by atoms with Crippen molar-refractivity contribution >= 4 is 5.96 Å². The Morgan fingerprint density at radius 2 is 2.44 bits per heavy atom. The summed E-state index contributed by atoms with van der Waals surface area (Å²) in [5, 5.41) is 15.6. The monoisotopic (exact) mass is 223 g/mol. The van der Waals surface area contributed by atoms with Gasteiger partial charge in [0.25, 0.3) is 5.96 Å². The summed E-state index contributed by atoms with van der Waals surface area (Å²) in [4.78, 5) is 15.7. The van der Waals surface area contributed by atoms with Crippen LogP contribution in [0.15, 0.2) is 29.6 Å². The lowest BCUT2D eigenvalue weighted by atomic mass is 10.3. The predicted octanol–water partition coefficient (Wildman–Crippen LogP) is 0.280. The van der Waals surface area contributed by atoms with Crippen LogP contribution in [-0.4, -0.2) is 35.0 Å². The molecule has 7 heteroatoms. The fourth-order valence-corrected chi connectivity index (χ4v) is 1.04. The normalized spacial score (nSPS) is 11.0. The highest BCUT2D eigenvalue weighted by Gasteiger charge is 2.06. The van der Waals surface area contributed by atoms with Crippen LogP contribution >= 0.6 is 0 Å². The lowest BCUT2D eigenvalue weighted by Gasteiger charge is -2.13. The first-order valence-electron chi connectivity index (χ1n) is 4.62. The van der Waals surface area contributed by atoms with Crippen LogP contribution in [0.25, 0.3) is 0 Å². The van der Waals surface area contributed by atoms with E-state index < -0.39 is 5.03 Å². The molecule has 0 saturated heterocycles. The van der Waals surface area contributed by atoms with E-state index in [1.165, 1.54) is 0 Å². The first-order chi connectivity index (χ1) is 7.59. The van der Waals surface area contributed by atoms with Gasteiger partial charge in [-0.2, -0.15) is 0 Å². The van der Waals surface area contributed by atoms with Gasteiger partial charge in [0.2, 0.25) is 0 Å². The largest absolute Gasteiger partial charge is 0.347 e. The molecule has 1 heterocycles. The molecule has 0 amide bonds. The molecule has 0 unspecified atom stereocenters. The van der Waals surface area contributed by atoms with Crippen molar-refractivity contribution in [3.8, 4) is 0 Å². The third-order valence-electron chi connectivity index (χ3n) is 1.77. The Hall–Kier alpha value is -2.18. The number of aromatic nitrogens is 1. The van der Waals surface area contributed by atoms with Crippen LogP contribution in [0, 0.1) is 10.1 Å². The molecule has 0 atom stereocenters. The van der Waals surface area contributed by atoms with Gasteiger partial charge in [0.05, 0.1) is 0 Å². The van der Waals surface area contributed by atoms with Crippen LogP contribution < -0.4 is 5.32 Å². The second-order valence-corrected chi connectivity index (χ2v) is 3.27. The van der Waals surface area contributed by atoms with Crippen molar-refractivity contribution in [2.45, 2.75) is 6.54 Å². The van der Waals surface area contributed by atoms with Crippen molar-refractivity contribution in [2.24, 2.45) is 5.10 Å². The number of hydrogen-bond acceptors (Lipinski definition) is 3. The standard InChI is InChI=1S/C9H13N5O2/c1-13(2)9(12-14(15)16)11-7-8-4-3-5-10-6-8/h3-6H,7H2,1-2H3,(H,11,12). The zero-order valence-electron chi connectivity index (χ0n) is 9.12. The summed E-state index contributed by atoms with van der Waals surface area (Å²) < 4.78 is 0. The third kappa shape index (κ3) is 3.91. The number of hydrogen-bond donors (Lipinski definition) is 1. The molecular formula is C9H13N5O2. The molecule has 1 aromatic heterocycles. The van der Waals surface area contributed by atoms with Crippen molar-refractivity contribution < 1.29 is 5.03 Å². The Kier molecular flexibility index (Phi) is 4.19. The number of nitrogens with zero attached hydrogens (tertiary/aromatic N) is 4. The molecule has 0 aliphatic heterocycles. The summed E-state index contributed by atoms with van der Waals surface area (Å²) in [5.41, 5.74) is 0.931. The van der Waals surface area contributed by atoms with Gasteiger partial charge in [-0.3, -0.25) is 4.98 Å². The number of guanidine groups is 1. The van der Waals surface area contributed by atoms with Gasteiger partial charge in [0.15, 0.2) is 5.03 Å². The molecule has 7 nitrogen and oxygen atoms in total. The Balaban J connectivity index is 2.61. The molecule has 0 aliphatic carbocycles. The maximum atomic E-state index is 10.3. The van der Waals surface area contributed by atoms with E-state index in [1.54, 1.807) is 37.5 Å². The average Bonchev–Trinajstić information content (AvgIpc) is 2.25. The maximum absolute atomic E-state index is 10.3. The van der Waals surface area contributed by atoms with Crippen LogP contribution in [0.5, 0.6) is 0 Å². The van der Waals surface area contributed by atoms with Crippen molar-refractivity contribution in [1.82, 2.24) is 15.2 Å². The molecule has 86 valence electrons. The van der Waals surface area contributed by atoms with Crippen molar-refractivity contribution in [1.29, 1.82) is 0 Å². The number of nitrogens with one attached hydrogen (secondary N) is 1. The summed E-state index contributed by atoms with van der Waals surface area (Å²) in [6.45, 7) is 0.443. The van der Waals surface area contributed by atoms with Crippen LogP contribution in [0.3, 0.4) is 0 Å². The van der Waals surface area contributed by atoms with E-state index in [1.807, 2.05) is 6.07 Å². The smallest absolute Gasteiger partial charge is 0.271 e. The maximum Gasteiger partial charge on any atom is 0.271 e. The fraction of sp³-hybridized carbons (Fsp3) is 0.333. The van der Waals surface area contributed by atoms with Gasteiger partial charge in [-0.25, -0.2) is 10.1 Å². The molecule has 0 aliphatic rings. The Labute approximate surface area is 92.9 Å². The predicted molar refractivity (Wildman–Crippen MR) is 59.2 cm³/mol. The topological polar surface area (TPSA) is 83.7 Å². The van der Waals surface area contributed by atoms with Gasteiger partial charge in [-0.15, -0.1) is 0 Å². The van der Waals surface area contributed by atoms with E-state index in [9.17, 15) is 10.1 Å². The number of hydrazone groups is 1. The summed E-state index contributed by atoms with van der Waals surface area (Å²) in [5.74, 6) is 0.203. The lowest BCUT2D eigenvalue weighted by Crippen LogP contribution is -2.36. The van der Waals surface area contributed by atoms with Gasteiger partial charge in [0, 0.05) is 33.0 Å². The molecule has 0 spiro atoms. The molecule has 0 fully saturated rings. The molecule has 1 rings (SSSR count). The van der Waals surface area contributed by atoms with E-state index in [2.05, 4.69) is 15.4 Å². The highest BCUT2D eigenvalue weighted by atomic mass is 16.7. The SMILES string of the molecule is CN(C)C(=N[N+](=O)[O-])NCc1cccnc1. The highest BCUT2D eigenvalue weighted by Crippen LogP contribution is 1.95. The zero-order chi connectivity index (χ0) is 12.0.